The summed E-state index contributed by atoms with van der Waals surface area (Å²) in [6.07, 6.45) is -3.81. The van der Waals surface area contributed by atoms with Crippen molar-refractivity contribution in [3.8, 4) is 0 Å². The van der Waals surface area contributed by atoms with Crippen LogP contribution in [-0.2, 0) is 28.4 Å². The Kier molecular flexibility index (Phi) is 18.2. The van der Waals surface area contributed by atoms with Crippen molar-refractivity contribution >= 4 is 0 Å². The zero-order valence-corrected chi connectivity index (χ0v) is 21.8. The van der Waals surface area contributed by atoms with Gasteiger partial charge in [0.1, 0.15) is 36.6 Å². The van der Waals surface area contributed by atoms with Crippen LogP contribution in [0.1, 0.15) is 19.3 Å². The number of aliphatic hydroxyl groups is 6. The van der Waals surface area contributed by atoms with Gasteiger partial charge in [-0.3, -0.25) is 0 Å². The summed E-state index contributed by atoms with van der Waals surface area (Å²) in [6.45, 7) is 1.15. The Morgan fingerprint density at radius 2 is 0.667 bits per heavy atom. The van der Waals surface area contributed by atoms with E-state index in [-0.39, 0.29) is 57.4 Å². The van der Waals surface area contributed by atoms with Gasteiger partial charge in [-0.15, -0.1) is 0 Å². The topological polar surface area (TPSA) is 177 Å². The highest BCUT2D eigenvalue weighted by atomic mass is 16.5. The molecule has 1 aliphatic carbocycles. The normalized spacial score (nSPS) is 25.8. The number of hydrogen-bond donors (Lipinski definition) is 6. The minimum Gasteiger partial charge on any atom is -0.388 e. The number of hydrogen-bond acceptors (Lipinski definition) is 12. The van der Waals surface area contributed by atoms with Crippen molar-refractivity contribution in [3.05, 3.63) is 0 Å². The van der Waals surface area contributed by atoms with Crippen LogP contribution in [0.2, 0.25) is 0 Å². The number of ether oxygens (including phenoxy) is 6. The van der Waals surface area contributed by atoms with Crippen molar-refractivity contribution in [3.63, 3.8) is 0 Å². The smallest absolute Gasteiger partial charge is 0.105 e. The van der Waals surface area contributed by atoms with E-state index in [0.717, 1.165) is 19.3 Å². The van der Waals surface area contributed by atoms with Crippen LogP contribution >= 0.6 is 0 Å². The lowest BCUT2D eigenvalue weighted by Crippen LogP contribution is -2.37. The van der Waals surface area contributed by atoms with E-state index >= 15 is 0 Å². The SMILES string of the molecule is COCC(O)C(O)COCC1CC(COCC(O)C(O)COC)CC(COCC(O)C(O)COC)C1. The van der Waals surface area contributed by atoms with Crippen LogP contribution < -0.4 is 0 Å². The highest BCUT2D eigenvalue weighted by molar-refractivity contribution is 4.80. The Balaban J connectivity index is 2.56. The maximum absolute atomic E-state index is 9.98. The predicted molar refractivity (Wildman–Crippen MR) is 128 cm³/mol. The van der Waals surface area contributed by atoms with Gasteiger partial charge in [-0.25, -0.2) is 0 Å². The van der Waals surface area contributed by atoms with Crippen LogP contribution in [0.4, 0.5) is 0 Å². The molecule has 6 unspecified atom stereocenters. The van der Waals surface area contributed by atoms with Crippen LogP contribution in [0.15, 0.2) is 0 Å². The lowest BCUT2D eigenvalue weighted by molar-refractivity contribution is -0.0861. The van der Waals surface area contributed by atoms with E-state index in [0.29, 0.717) is 19.8 Å². The molecule has 1 fully saturated rings. The second-order valence-corrected chi connectivity index (χ2v) is 9.69. The highest BCUT2D eigenvalue weighted by Gasteiger charge is 2.30. The van der Waals surface area contributed by atoms with Gasteiger partial charge in [-0.05, 0) is 37.0 Å². The monoisotopic (exact) mass is 528 g/mol. The molecule has 0 aromatic carbocycles. The summed E-state index contributed by atoms with van der Waals surface area (Å²) in [5, 5.41) is 59.3. The molecular weight excluding hydrogens is 480 g/mol. The molecule has 0 amide bonds. The number of methoxy groups -OCH3 is 3. The first-order chi connectivity index (χ1) is 17.2. The molecule has 12 heteroatoms. The summed E-state index contributed by atoms with van der Waals surface area (Å²) in [7, 11) is 4.33. The maximum Gasteiger partial charge on any atom is 0.105 e. The molecule has 0 bridgehead atoms. The van der Waals surface area contributed by atoms with Gasteiger partial charge in [0.2, 0.25) is 0 Å². The number of aliphatic hydroxyl groups excluding tert-OH is 6. The summed E-state index contributed by atoms with van der Waals surface area (Å²) >= 11 is 0. The van der Waals surface area contributed by atoms with E-state index in [9.17, 15) is 30.6 Å². The third kappa shape index (κ3) is 13.9. The first kappa shape index (κ1) is 33.5. The minimum absolute atomic E-state index is 0.0165. The van der Waals surface area contributed by atoms with Gasteiger partial charge in [-0.2, -0.15) is 0 Å². The van der Waals surface area contributed by atoms with Gasteiger partial charge in [0, 0.05) is 41.2 Å². The Hall–Kier alpha value is -0.480. The van der Waals surface area contributed by atoms with Gasteiger partial charge >= 0.3 is 0 Å². The van der Waals surface area contributed by atoms with Crippen molar-refractivity contribution in [2.75, 3.05) is 80.8 Å². The average Bonchev–Trinajstić information content (AvgIpc) is 2.84. The van der Waals surface area contributed by atoms with Crippen molar-refractivity contribution in [2.24, 2.45) is 17.8 Å². The minimum atomic E-state index is -1.05. The molecule has 1 saturated carbocycles. The maximum atomic E-state index is 9.98. The first-order valence-corrected chi connectivity index (χ1v) is 12.5. The Bertz CT molecular complexity index is 450. The molecule has 0 aliphatic heterocycles. The van der Waals surface area contributed by atoms with Crippen molar-refractivity contribution in [1.82, 2.24) is 0 Å². The third-order valence-electron chi connectivity index (χ3n) is 6.27. The van der Waals surface area contributed by atoms with E-state index in [2.05, 4.69) is 0 Å². The fourth-order valence-corrected chi connectivity index (χ4v) is 4.36. The zero-order valence-electron chi connectivity index (χ0n) is 21.8. The van der Waals surface area contributed by atoms with E-state index in [4.69, 9.17) is 28.4 Å². The van der Waals surface area contributed by atoms with Crippen LogP contribution in [0.25, 0.3) is 0 Å². The second kappa shape index (κ2) is 19.6. The van der Waals surface area contributed by atoms with Crippen molar-refractivity contribution < 1.29 is 59.1 Å². The fourth-order valence-electron chi connectivity index (χ4n) is 4.36. The van der Waals surface area contributed by atoms with Crippen LogP contribution in [0.3, 0.4) is 0 Å². The fraction of sp³-hybridized carbons (Fsp3) is 1.00. The zero-order chi connectivity index (χ0) is 26.9. The molecule has 6 N–H and O–H groups in total. The lowest BCUT2D eigenvalue weighted by atomic mass is 9.76. The molecule has 36 heavy (non-hydrogen) atoms. The highest BCUT2D eigenvalue weighted by Crippen LogP contribution is 2.34. The predicted octanol–water partition coefficient (Wildman–Crippen LogP) is -1.83. The molecule has 0 spiro atoms. The quantitative estimate of drug-likeness (QED) is 0.0984. The average molecular weight is 529 g/mol. The summed E-state index contributed by atoms with van der Waals surface area (Å²) < 4.78 is 31.6. The summed E-state index contributed by atoms with van der Waals surface area (Å²) in [5.74, 6) is 0.460. The second-order valence-electron chi connectivity index (χ2n) is 9.69. The van der Waals surface area contributed by atoms with Crippen molar-refractivity contribution in [1.29, 1.82) is 0 Å². The van der Waals surface area contributed by atoms with Crippen LogP contribution in [0, 0.1) is 17.8 Å². The Labute approximate surface area is 214 Å². The van der Waals surface area contributed by atoms with Gasteiger partial charge in [-0.1, -0.05) is 0 Å². The van der Waals surface area contributed by atoms with E-state index in [1.165, 1.54) is 21.3 Å². The van der Waals surface area contributed by atoms with Crippen LogP contribution in [0.5, 0.6) is 0 Å². The molecular formula is C24H48O12. The molecule has 12 nitrogen and oxygen atoms in total. The summed E-state index contributed by atoms with van der Waals surface area (Å²) in [6, 6.07) is 0. The summed E-state index contributed by atoms with van der Waals surface area (Å²) in [4.78, 5) is 0. The number of rotatable bonds is 21. The molecule has 216 valence electrons. The molecule has 0 aromatic rings. The van der Waals surface area contributed by atoms with E-state index < -0.39 is 36.6 Å². The van der Waals surface area contributed by atoms with Gasteiger partial charge in [0.25, 0.3) is 0 Å². The molecule has 0 radical (unpaired) electrons. The van der Waals surface area contributed by atoms with Gasteiger partial charge in [0.05, 0.1) is 39.6 Å². The molecule has 1 aliphatic rings. The lowest BCUT2D eigenvalue weighted by Gasteiger charge is -2.35. The first-order valence-electron chi connectivity index (χ1n) is 12.5. The largest absolute Gasteiger partial charge is 0.388 e. The molecule has 0 saturated heterocycles. The standard InChI is InChI=1S/C24H48O12/c1-31-10-19(25)22(28)13-34-7-16-4-17(8-35-14-23(29)20(26)11-32-2)6-18(5-16)9-36-15-24(30)21(27)12-33-3/h16-30H,4-15H2,1-3H3. The Morgan fingerprint density at radius 1 is 0.444 bits per heavy atom. The van der Waals surface area contributed by atoms with Crippen LogP contribution in [-0.4, -0.2) is 148 Å². The van der Waals surface area contributed by atoms with E-state index in [1.54, 1.807) is 0 Å². The van der Waals surface area contributed by atoms with Crippen molar-refractivity contribution in [2.45, 2.75) is 55.9 Å². The molecule has 0 heterocycles. The van der Waals surface area contributed by atoms with Gasteiger partial charge < -0.3 is 59.1 Å². The molecule has 0 aromatic heterocycles. The van der Waals surface area contributed by atoms with E-state index in [1.807, 2.05) is 0 Å². The molecule has 1 rings (SSSR count). The summed E-state index contributed by atoms with van der Waals surface area (Å²) in [5.41, 5.74) is 0. The van der Waals surface area contributed by atoms with Gasteiger partial charge in [0.15, 0.2) is 0 Å². The molecule has 6 atom stereocenters. The third-order valence-corrected chi connectivity index (χ3v) is 6.27. The Morgan fingerprint density at radius 3 is 0.889 bits per heavy atom.